The fourth-order valence-electron chi connectivity index (χ4n) is 1.86. The zero-order valence-electron chi connectivity index (χ0n) is 13.5. The second-order valence-corrected chi connectivity index (χ2v) is 5.33. The van der Waals surface area contributed by atoms with Gasteiger partial charge in [-0.25, -0.2) is 0 Å². The van der Waals surface area contributed by atoms with Gasteiger partial charge in [0.1, 0.15) is 12.1 Å². The summed E-state index contributed by atoms with van der Waals surface area (Å²) in [7, 11) is 1.64. The highest BCUT2D eigenvalue weighted by Gasteiger charge is 2.25. The molecular formula is C16H23N3O4. The van der Waals surface area contributed by atoms with Crippen molar-refractivity contribution in [3.8, 4) is 0 Å². The number of benzene rings is 1. The molecule has 0 aliphatic heterocycles. The van der Waals surface area contributed by atoms with Crippen molar-refractivity contribution in [1.29, 1.82) is 0 Å². The van der Waals surface area contributed by atoms with Crippen molar-refractivity contribution < 1.29 is 19.5 Å². The van der Waals surface area contributed by atoms with Crippen LogP contribution in [-0.4, -0.2) is 48.1 Å². The van der Waals surface area contributed by atoms with Crippen LogP contribution in [0.4, 0.5) is 0 Å². The maximum absolute atomic E-state index is 12.3. The first kappa shape index (κ1) is 18.6. The largest absolute Gasteiger partial charge is 0.480 e. The number of carboxylic acids is 1. The van der Waals surface area contributed by atoms with Gasteiger partial charge < -0.3 is 21.1 Å². The summed E-state index contributed by atoms with van der Waals surface area (Å²) in [5, 5.41) is 16.7. The molecular weight excluding hydrogens is 298 g/mol. The van der Waals surface area contributed by atoms with Crippen LogP contribution in [0, 0.1) is 0 Å². The smallest absolute Gasteiger partial charge is 0.325 e. The molecule has 126 valence electrons. The molecule has 0 bridgehead atoms. The molecule has 0 fully saturated rings. The minimum Gasteiger partial charge on any atom is -0.480 e. The van der Waals surface area contributed by atoms with Gasteiger partial charge >= 0.3 is 5.97 Å². The highest BCUT2D eigenvalue weighted by atomic mass is 16.4. The Balaban J connectivity index is 2.84. The molecule has 0 aliphatic carbocycles. The normalized spacial score (nSPS) is 14.4. The van der Waals surface area contributed by atoms with E-state index in [9.17, 15) is 14.4 Å². The number of hydrogen-bond acceptors (Lipinski definition) is 4. The molecule has 23 heavy (non-hydrogen) atoms. The van der Waals surface area contributed by atoms with Crippen LogP contribution >= 0.6 is 0 Å². The SMILES string of the molecule is CN[C@@H](C)C(=O)N[C@@H](Cc1ccccc1)C(=O)N[C@@H](C)C(=O)O. The molecule has 0 spiro atoms. The van der Waals surface area contributed by atoms with Crippen LogP contribution in [0.15, 0.2) is 30.3 Å². The van der Waals surface area contributed by atoms with E-state index in [1.807, 2.05) is 30.3 Å². The average Bonchev–Trinajstić information content (AvgIpc) is 2.53. The van der Waals surface area contributed by atoms with Crippen molar-refractivity contribution in [3.05, 3.63) is 35.9 Å². The molecule has 7 nitrogen and oxygen atoms in total. The van der Waals surface area contributed by atoms with Gasteiger partial charge in [-0.1, -0.05) is 30.3 Å². The van der Waals surface area contributed by atoms with Gasteiger partial charge in [0.2, 0.25) is 11.8 Å². The third kappa shape index (κ3) is 6.07. The Hall–Kier alpha value is -2.41. The Morgan fingerprint density at radius 3 is 2.13 bits per heavy atom. The third-order valence-electron chi connectivity index (χ3n) is 3.47. The summed E-state index contributed by atoms with van der Waals surface area (Å²) in [4.78, 5) is 35.2. The zero-order valence-corrected chi connectivity index (χ0v) is 13.5. The molecule has 0 aliphatic rings. The van der Waals surface area contributed by atoms with Crippen molar-refractivity contribution in [1.82, 2.24) is 16.0 Å². The van der Waals surface area contributed by atoms with Crippen LogP contribution in [0.2, 0.25) is 0 Å². The van der Waals surface area contributed by atoms with Crippen LogP contribution < -0.4 is 16.0 Å². The van der Waals surface area contributed by atoms with Gasteiger partial charge in [-0.2, -0.15) is 0 Å². The lowest BCUT2D eigenvalue weighted by atomic mass is 10.0. The maximum atomic E-state index is 12.3. The molecule has 7 heteroatoms. The highest BCUT2D eigenvalue weighted by Crippen LogP contribution is 2.04. The van der Waals surface area contributed by atoms with Gasteiger partial charge in [-0.15, -0.1) is 0 Å². The zero-order chi connectivity index (χ0) is 17.4. The Labute approximate surface area is 135 Å². The van der Waals surface area contributed by atoms with E-state index in [4.69, 9.17) is 5.11 Å². The van der Waals surface area contributed by atoms with Crippen molar-refractivity contribution in [2.24, 2.45) is 0 Å². The van der Waals surface area contributed by atoms with E-state index < -0.39 is 30.0 Å². The number of aliphatic carboxylic acids is 1. The molecule has 0 aromatic heterocycles. The molecule has 2 amide bonds. The van der Waals surface area contributed by atoms with Gasteiger partial charge in [-0.3, -0.25) is 14.4 Å². The predicted molar refractivity (Wildman–Crippen MR) is 85.8 cm³/mol. The van der Waals surface area contributed by atoms with Gasteiger partial charge in [0, 0.05) is 6.42 Å². The lowest BCUT2D eigenvalue weighted by molar-refractivity contribution is -0.141. The quantitative estimate of drug-likeness (QED) is 0.535. The highest BCUT2D eigenvalue weighted by molar-refractivity contribution is 5.91. The minimum absolute atomic E-state index is 0.279. The molecule has 1 rings (SSSR count). The minimum atomic E-state index is -1.13. The Kier molecular flexibility index (Phi) is 7.21. The van der Waals surface area contributed by atoms with E-state index in [1.54, 1.807) is 14.0 Å². The number of carboxylic acid groups (broad SMARTS) is 1. The van der Waals surface area contributed by atoms with E-state index in [1.165, 1.54) is 6.92 Å². The topological polar surface area (TPSA) is 108 Å². The number of carbonyl (C=O) groups is 3. The fourth-order valence-corrected chi connectivity index (χ4v) is 1.86. The molecule has 0 radical (unpaired) electrons. The van der Waals surface area contributed by atoms with E-state index in [0.717, 1.165) is 5.56 Å². The summed E-state index contributed by atoms with van der Waals surface area (Å²) >= 11 is 0. The second-order valence-electron chi connectivity index (χ2n) is 5.33. The Bertz CT molecular complexity index is 548. The Morgan fingerprint density at radius 1 is 1.00 bits per heavy atom. The average molecular weight is 321 g/mol. The first-order valence-corrected chi connectivity index (χ1v) is 7.40. The van der Waals surface area contributed by atoms with Gasteiger partial charge in [0.05, 0.1) is 6.04 Å². The molecule has 1 aromatic carbocycles. The summed E-state index contributed by atoms with van der Waals surface area (Å²) in [5.41, 5.74) is 0.869. The van der Waals surface area contributed by atoms with Gasteiger partial charge in [-0.05, 0) is 26.5 Å². The van der Waals surface area contributed by atoms with Crippen LogP contribution in [0.5, 0.6) is 0 Å². The number of likely N-dealkylation sites (N-methyl/N-ethyl adjacent to an activating group) is 1. The van der Waals surface area contributed by atoms with Gasteiger partial charge in [0.25, 0.3) is 0 Å². The number of nitrogens with one attached hydrogen (secondary N) is 3. The summed E-state index contributed by atoms with van der Waals surface area (Å²) in [6, 6.07) is 6.88. The van der Waals surface area contributed by atoms with E-state index in [2.05, 4.69) is 16.0 Å². The lowest BCUT2D eigenvalue weighted by Gasteiger charge is -2.22. The lowest BCUT2D eigenvalue weighted by Crippen LogP contribution is -2.54. The first-order chi connectivity index (χ1) is 10.8. The number of rotatable bonds is 8. The second kappa shape index (κ2) is 8.89. The van der Waals surface area contributed by atoms with E-state index in [0.29, 0.717) is 0 Å². The summed E-state index contributed by atoms with van der Waals surface area (Å²) in [6.07, 6.45) is 0.279. The maximum Gasteiger partial charge on any atom is 0.325 e. The van der Waals surface area contributed by atoms with Crippen LogP contribution in [0.1, 0.15) is 19.4 Å². The van der Waals surface area contributed by atoms with Crippen molar-refractivity contribution in [2.75, 3.05) is 7.05 Å². The van der Waals surface area contributed by atoms with E-state index >= 15 is 0 Å². The third-order valence-corrected chi connectivity index (χ3v) is 3.47. The fraction of sp³-hybridized carbons (Fsp3) is 0.438. The molecule has 0 heterocycles. The number of hydrogen-bond donors (Lipinski definition) is 4. The monoisotopic (exact) mass is 321 g/mol. The van der Waals surface area contributed by atoms with Gasteiger partial charge in [0.15, 0.2) is 0 Å². The standard InChI is InChI=1S/C16H23N3O4/c1-10(17-3)14(20)19-13(9-12-7-5-4-6-8-12)15(21)18-11(2)16(22)23/h4-8,10-11,13,17H,9H2,1-3H3,(H,18,21)(H,19,20)(H,22,23)/t10-,11-,13-/m0/s1. The van der Waals surface area contributed by atoms with E-state index in [-0.39, 0.29) is 12.3 Å². The summed E-state index contributed by atoms with van der Waals surface area (Å²) < 4.78 is 0. The van der Waals surface area contributed by atoms with Crippen molar-refractivity contribution in [2.45, 2.75) is 38.4 Å². The molecule has 1 aromatic rings. The summed E-state index contributed by atoms with van der Waals surface area (Å²) in [5.74, 6) is -1.99. The van der Waals surface area contributed by atoms with Crippen LogP contribution in [-0.2, 0) is 20.8 Å². The predicted octanol–water partition coefficient (Wildman–Crippen LogP) is -0.0889. The number of amides is 2. The summed E-state index contributed by atoms with van der Waals surface area (Å²) in [6.45, 7) is 3.05. The molecule has 0 saturated carbocycles. The van der Waals surface area contributed by atoms with Crippen molar-refractivity contribution >= 4 is 17.8 Å². The first-order valence-electron chi connectivity index (χ1n) is 7.40. The molecule has 4 N–H and O–H groups in total. The Morgan fingerprint density at radius 2 is 1.61 bits per heavy atom. The molecule has 0 unspecified atom stereocenters. The van der Waals surface area contributed by atoms with Crippen LogP contribution in [0.25, 0.3) is 0 Å². The molecule has 3 atom stereocenters. The van der Waals surface area contributed by atoms with Crippen molar-refractivity contribution in [3.63, 3.8) is 0 Å². The van der Waals surface area contributed by atoms with Crippen LogP contribution in [0.3, 0.4) is 0 Å². The number of carbonyl (C=O) groups excluding carboxylic acids is 2. The molecule has 0 saturated heterocycles.